The Balaban J connectivity index is 2.11. The topological polar surface area (TPSA) is 53.0 Å². The molecule has 1 amide bonds. The van der Waals surface area contributed by atoms with Crippen LogP contribution >= 0.6 is 15.9 Å². The summed E-state index contributed by atoms with van der Waals surface area (Å²) >= 11 is 3.23. The lowest BCUT2D eigenvalue weighted by Crippen LogP contribution is -2.57. The first-order valence-corrected chi connectivity index (χ1v) is 8.31. The molecule has 1 aliphatic heterocycles. The van der Waals surface area contributed by atoms with Crippen LogP contribution in [0.25, 0.3) is 0 Å². The number of aliphatic hydroxyl groups is 1. The summed E-state index contributed by atoms with van der Waals surface area (Å²) in [6.07, 6.45) is -0.410. The fraction of sp³-hybridized carbons (Fsp3) is 0.562. The fourth-order valence-electron chi connectivity index (χ4n) is 2.54. The van der Waals surface area contributed by atoms with E-state index in [-0.39, 0.29) is 18.5 Å². The largest absolute Gasteiger partial charge is 0.444 e. The van der Waals surface area contributed by atoms with Crippen LogP contribution in [0.15, 0.2) is 22.7 Å². The number of aliphatic hydroxyl groups excluding tert-OH is 1. The number of nitrogens with zero attached hydrogens (tertiary/aromatic N) is 2. The third-order valence-corrected chi connectivity index (χ3v) is 4.06. The van der Waals surface area contributed by atoms with Crippen LogP contribution in [0.3, 0.4) is 0 Å². The molecule has 0 aromatic heterocycles. The fourth-order valence-corrected chi connectivity index (χ4v) is 2.87. The molecule has 2 rings (SSSR count). The van der Waals surface area contributed by atoms with Crippen molar-refractivity contribution in [3.05, 3.63) is 28.5 Å². The van der Waals surface area contributed by atoms with Crippen LogP contribution < -0.4 is 4.90 Å². The predicted molar refractivity (Wildman–Crippen MR) is 90.1 cm³/mol. The number of hydrogen-bond donors (Lipinski definition) is 1. The Bertz CT molecular complexity index is 577. The van der Waals surface area contributed by atoms with E-state index in [1.807, 2.05) is 20.8 Å². The second-order valence-electron chi connectivity index (χ2n) is 6.55. The maximum absolute atomic E-state index is 14.2. The molecule has 1 atom stereocenters. The summed E-state index contributed by atoms with van der Waals surface area (Å²) in [4.78, 5) is 15.5. The summed E-state index contributed by atoms with van der Waals surface area (Å²) in [7, 11) is 0. The zero-order valence-electron chi connectivity index (χ0n) is 13.6. The first-order chi connectivity index (χ1) is 10.7. The van der Waals surface area contributed by atoms with E-state index in [0.29, 0.717) is 29.8 Å². The van der Waals surface area contributed by atoms with Gasteiger partial charge in [-0.1, -0.05) is 15.9 Å². The van der Waals surface area contributed by atoms with E-state index in [1.54, 1.807) is 21.9 Å². The Morgan fingerprint density at radius 2 is 2.13 bits per heavy atom. The van der Waals surface area contributed by atoms with E-state index < -0.39 is 11.7 Å². The molecule has 128 valence electrons. The van der Waals surface area contributed by atoms with Crippen molar-refractivity contribution in [2.24, 2.45) is 0 Å². The number of ether oxygens (including phenoxy) is 1. The third-order valence-electron chi connectivity index (χ3n) is 3.56. The molecule has 23 heavy (non-hydrogen) atoms. The van der Waals surface area contributed by atoms with E-state index in [2.05, 4.69) is 15.9 Å². The van der Waals surface area contributed by atoms with E-state index in [4.69, 9.17) is 4.74 Å². The lowest BCUT2D eigenvalue weighted by molar-refractivity contribution is 0.0197. The van der Waals surface area contributed by atoms with E-state index in [9.17, 15) is 14.3 Å². The van der Waals surface area contributed by atoms with Crippen LogP contribution in [-0.4, -0.2) is 54.0 Å². The molecule has 0 spiro atoms. The highest BCUT2D eigenvalue weighted by molar-refractivity contribution is 9.10. The Hall–Kier alpha value is -1.34. The maximum atomic E-state index is 14.2. The van der Waals surface area contributed by atoms with E-state index >= 15 is 0 Å². The zero-order valence-corrected chi connectivity index (χ0v) is 15.1. The Kier molecular flexibility index (Phi) is 5.52. The van der Waals surface area contributed by atoms with Gasteiger partial charge in [0.05, 0.1) is 18.3 Å². The average Bonchev–Trinajstić information content (AvgIpc) is 2.45. The minimum atomic E-state index is -0.569. The Morgan fingerprint density at radius 3 is 2.70 bits per heavy atom. The minimum Gasteiger partial charge on any atom is -0.444 e. The highest BCUT2D eigenvalue weighted by atomic mass is 79.9. The molecular weight excluding hydrogens is 367 g/mol. The first-order valence-electron chi connectivity index (χ1n) is 7.52. The quantitative estimate of drug-likeness (QED) is 0.845. The van der Waals surface area contributed by atoms with Crippen molar-refractivity contribution >= 4 is 27.7 Å². The number of benzene rings is 1. The number of hydrogen-bond acceptors (Lipinski definition) is 4. The normalized spacial score (nSPS) is 19.0. The van der Waals surface area contributed by atoms with Gasteiger partial charge in [-0.05, 0) is 39.0 Å². The molecule has 5 nitrogen and oxygen atoms in total. The van der Waals surface area contributed by atoms with Crippen LogP contribution in [-0.2, 0) is 4.74 Å². The Labute approximate surface area is 144 Å². The van der Waals surface area contributed by atoms with Crippen molar-refractivity contribution in [3.63, 3.8) is 0 Å². The summed E-state index contributed by atoms with van der Waals surface area (Å²) in [5.74, 6) is -0.358. The molecule has 0 unspecified atom stereocenters. The van der Waals surface area contributed by atoms with Crippen molar-refractivity contribution in [1.29, 1.82) is 0 Å². The monoisotopic (exact) mass is 388 g/mol. The third kappa shape index (κ3) is 4.57. The van der Waals surface area contributed by atoms with Crippen LogP contribution in [0.4, 0.5) is 14.9 Å². The lowest BCUT2D eigenvalue weighted by atomic mass is 10.1. The smallest absolute Gasteiger partial charge is 0.410 e. The molecule has 1 N–H and O–H groups in total. The summed E-state index contributed by atoms with van der Waals surface area (Å²) in [5, 5.41) is 9.65. The average molecular weight is 389 g/mol. The molecule has 1 aliphatic rings. The number of carbonyl (C=O) groups is 1. The molecule has 0 aliphatic carbocycles. The van der Waals surface area contributed by atoms with Gasteiger partial charge in [-0.15, -0.1) is 0 Å². The number of piperazine rings is 1. The van der Waals surface area contributed by atoms with E-state index in [1.165, 1.54) is 6.07 Å². The van der Waals surface area contributed by atoms with Crippen molar-refractivity contribution in [3.8, 4) is 0 Å². The maximum Gasteiger partial charge on any atom is 0.410 e. The highest BCUT2D eigenvalue weighted by Gasteiger charge is 2.32. The SMILES string of the molecule is CC(C)(C)OC(=O)N1CCN(c2ccc(Br)cc2F)[C@@H](CO)C1. The van der Waals surface area contributed by atoms with Crippen molar-refractivity contribution in [2.75, 3.05) is 31.1 Å². The van der Waals surface area contributed by atoms with Crippen LogP contribution in [0.2, 0.25) is 0 Å². The van der Waals surface area contributed by atoms with Crippen LogP contribution in [0, 0.1) is 5.82 Å². The predicted octanol–water partition coefficient (Wildman–Crippen LogP) is 3.01. The summed E-state index contributed by atoms with van der Waals surface area (Å²) < 4.78 is 20.2. The van der Waals surface area contributed by atoms with Gasteiger partial charge < -0.3 is 19.6 Å². The highest BCUT2D eigenvalue weighted by Crippen LogP contribution is 2.27. The lowest BCUT2D eigenvalue weighted by Gasteiger charge is -2.42. The Morgan fingerprint density at radius 1 is 1.43 bits per heavy atom. The molecule has 1 aromatic carbocycles. The van der Waals surface area contributed by atoms with Crippen molar-refractivity contribution in [2.45, 2.75) is 32.4 Å². The molecule has 0 radical (unpaired) electrons. The summed E-state index contributed by atoms with van der Waals surface area (Å²) in [5.41, 5.74) is -0.142. The van der Waals surface area contributed by atoms with Gasteiger partial charge in [0.25, 0.3) is 0 Å². The minimum absolute atomic E-state index is 0.172. The second-order valence-corrected chi connectivity index (χ2v) is 7.47. The number of rotatable bonds is 2. The van der Waals surface area contributed by atoms with Crippen LogP contribution in [0.5, 0.6) is 0 Å². The van der Waals surface area contributed by atoms with Crippen molar-refractivity contribution < 1.29 is 19.0 Å². The first kappa shape index (κ1) is 18.0. The van der Waals surface area contributed by atoms with E-state index in [0.717, 1.165) is 0 Å². The molecule has 1 aromatic rings. The summed E-state index contributed by atoms with van der Waals surface area (Å²) in [6.45, 7) is 6.39. The molecule has 1 fully saturated rings. The van der Waals surface area contributed by atoms with Gasteiger partial charge in [-0.25, -0.2) is 9.18 Å². The molecule has 1 saturated heterocycles. The number of anilines is 1. The number of halogens is 2. The van der Waals surface area contributed by atoms with Gasteiger partial charge >= 0.3 is 6.09 Å². The second kappa shape index (κ2) is 7.05. The molecule has 0 bridgehead atoms. The van der Waals surface area contributed by atoms with Gasteiger partial charge in [0.2, 0.25) is 0 Å². The van der Waals surface area contributed by atoms with Gasteiger partial charge in [-0.3, -0.25) is 0 Å². The van der Waals surface area contributed by atoms with Crippen LogP contribution in [0.1, 0.15) is 20.8 Å². The molecule has 0 saturated carbocycles. The number of carbonyl (C=O) groups excluding carboxylic acids is 1. The number of amides is 1. The molecule has 1 heterocycles. The van der Waals surface area contributed by atoms with Gasteiger partial charge in [0.1, 0.15) is 11.4 Å². The zero-order chi connectivity index (χ0) is 17.2. The molecular formula is C16H22BrFN2O3. The van der Waals surface area contributed by atoms with Crippen molar-refractivity contribution in [1.82, 2.24) is 4.90 Å². The van der Waals surface area contributed by atoms with Gasteiger partial charge in [0, 0.05) is 24.1 Å². The van der Waals surface area contributed by atoms with Gasteiger partial charge in [-0.2, -0.15) is 0 Å². The van der Waals surface area contributed by atoms with Gasteiger partial charge in [0.15, 0.2) is 0 Å². The molecule has 7 heteroatoms. The standard InChI is InChI=1S/C16H22BrFN2O3/c1-16(2,3)23-15(22)19-6-7-20(12(9-19)10-21)14-5-4-11(17)8-13(14)18/h4-5,8,12,21H,6-7,9-10H2,1-3H3/t12-/m1/s1. The summed E-state index contributed by atoms with van der Waals surface area (Å²) in [6, 6.07) is 4.45.